The molecule has 2 unspecified atom stereocenters. The second kappa shape index (κ2) is 4.58. The van der Waals surface area contributed by atoms with E-state index < -0.39 is 6.10 Å². The van der Waals surface area contributed by atoms with Gasteiger partial charge in [0.15, 0.2) is 0 Å². The summed E-state index contributed by atoms with van der Waals surface area (Å²) in [6.07, 6.45) is 1.27. The van der Waals surface area contributed by atoms with Crippen LogP contribution in [0.3, 0.4) is 0 Å². The third kappa shape index (κ3) is 2.67. The summed E-state index contributed by atoms with van der Waals surface area (Å²) in [5.41, 5.74) is 0. The van der Waals surface area contributed by atoms with Gasteiger partial charge in [0.05, 0.1) is 12.5 Å². The predicted molar refractivity (Wildman–Crippen MR) is 48.1 cm³/mol. The van der Waals surface area contributed by atoms with E-state index in [9.17, 15) is 9.90 Å². The van der Waals surface area contributed by atoms with Crippen LogP contribution in [0.25, 0.3) is 0 Å². The number of β-amino-alcohol motifs (C(OH)–C–C–N with tert-alkyl or cyclic N) is 1. The summed E-state index contributed by atoms with van der Waals surface area (Å²) in [6, 6.07) is 0.136. The second-order valence-corrected chi connectivity index (χ2v) is 3.62. The van der Waals surface area contributed by atoms with E-state index in [-0.39, 0.29) is 25.0 Å². The molecule has 76 valence electrons. The minimum Gasteiger partial charge on any atom is -0.396 e. The van der Waals surface area contributed by atoms with Gasteiger partial charge in [-0.1, -0.05) is 0 Å². The lowest BCUT2D eigenvalue weighted by Crippen LogP contribution is -2.35. The normalized spacial score (nSPS) is 25.3. The Balaban J connectivity index is 2.38. The molecule has 1 heterocycles. The van der Waals surface area contributed by atoms with E-state index in [1.165, 1.54) is 0 Å². The molecular weight excluding hydrogens is 170 g/mol. The zero-order valence-corrected chi connectivity index (χ0v) is 7.94. The maximum atomic E-state index is 11.3. The third-order valence-electron chi connectivity index (χ3n) is 2.45. The number of nitrogens with zero attached hydrogens (tertiary/aromatic N) is 1. The molecular formula is C9H17NO3. The largest absolute Gasteiger partial charge is 0.396 e. The highest BCUT2D eigenvalue weighted by atomic mass is 16.3. The molecule has 2 atom stereocenters. The molecule has 0 aromatic rings. The molecule has 4 heteroatoms. The first-order chi connectivity index (χ1) is 6.15. The molecule has 2 N–H and O–H groups in total. The SMILES string of the molecule is CC(CCCO)N1CC(O)CC1=O. The summed E-state index contributed by atoms with van der Waals surface area (Å²) < 4.78 is 0. The number of aliphatic hydroxyl groups is 2. The van der Waals surface area contributed by atoms with Crippen LogP contribution in [0.4, 0.5) is 0 Å². The summed E-state index contributed by atoms with van der Waals surface area (Å²) in [5, 5.41) is 17.9. The van der Waals surface area contributed by atoms with Crippen molar-refractivity contribution in [1.29, 1.82) is 0 Å². The molecule has 0 radical (unpaired) electrons. The minimum absolute atomic E-state index is 0.0259. The van der Waals surface area contributed by atoms with Gasteiger partial charge in [-0.2, -0.15) is 0 Å². The van der Waals surface area contributed by atoms with Crippen molar-refractivity contribution < 1.29 is 15.0 Å². The van der Waals surface area contributed by atoms with Crippen molar-refractivity contribution in [3.8, 4) is 0 Å². The number of hydrogen-bond donors (Lipinski definition) is 2. The van der Waals surface area contributed by atoms with Crippen LogP contribution in [0.5, 0.6) is 0 Å². The summed E-state index contributed by atoms with van der Waals surface area (Å²) in [5.74, 6) is 0.0259. The Bertz CT molecular complexity index is 184. The maximum Gasteiger partial charge on any atom is 0.225 e. The molecule has 4 nitrogen and oxygen atoms in total. The number of rotatable bonds is 4. The van der Waals surface area contributed by atoms with E-state index in [0.29, 0.717) is 13.0 Å². The van der Waals surface area contributed by atoms with E-state index >= 15 is 0 Å². The Morgan fingerprint density at radius 2 is 2.38 bits per heavy atom. The Hall–Kier alpha value is -0.610. The van der Waals surface area contributed by atoms with Crippen LogP contribution in [-0.2, 0) is 4.79 Å². The van der Waals surface area contributed by atoms with Crippen molar-refractivity contribution in [2.24, 2.45) is 0 Å². The fraction of sp³-hybridized carbons (Fsp3) is 0.889. The molecule has 1 aliphatic heterocycles. The molecule has 0 bridgehead atoms. The van der Waals surface area contributed by atoms with Crippen LogP contribution >= 0.6 is 0 Å². The molecule has 0 aliphatic carbocycles. The van der Waals surface area contributed by atoms with E-state index in [1.54, 1.807) is 4.90 Å². The lowest BCUT2D eigenvalue weighted by molar-refractivity contribution is -0.129. The van der Waals surface area contributed by atoms with Crippen LogP contribution in [-0.4, -0.2) is 46.3 Å². The minimum atomic E-state index is -0.496. The fourth-order valence-corrected chi connectivity index (χ4v) is 1.68. The van der Waals surface area contributed by atoms with Gasteiger partial charge in [0.25, 0.3) is 0 Å². The molecule has 0 aromatic heterocycles. The van der Waals surface area contributed by atoms with E-state index in [2.05, 4.69) is 0 Å². The molecule has 1 amide bonds. The molecule has 1 aliphatic rings. The van der Waals surface area contributed by atoms with Crippen LogP contribution in [0.2, 0.25) is 0 Å². The van der Waals surface area contributed by atoms with Gasteiger partial charge >= 0.3 is 0 Å². The van der Waals surface area contributed by atoms with Gasteiger partial charge in [0, 0.05) is 19.2 Å². The van der Waals surface area contributed by atoms with Crippen molar-refractivity contribution in [2.75, 3.05) is 13.2 Å². The summed E-state index contributed by atoms with van der Waals surface area (Å²) in [6.45, 7) is 2.56. The number of hydrogen-bond acceptors (Lipinski definition) is 3. The lowest BCUT2D eigenvalue weighted by Gasteiger charge is -2.23. The van der Waals surface area contributed by atoms with Crippen LogP contribution in [0, 0.1) is 0 Å². The lowest BCUT2D eigenvalue weighted by atomic mass is 10.1. The van der Waals surface area contributed by atoms with Gasteiger partial charge in [-0.25, -0.2) is 0 Å². The number of carbonyl (C=O) groups excluding carboxylic acids is 1. The van der Waals surface area contributed by atoms with Gasteiger partial charge in [-0.05, 0) is 19.8 Å². The first-order valence-corrected chi connectivity index (χ1v) is 4.73. The molecule has 1 saturated heterocycles. The quantitative estimate of drug-likeness (QED) is 0.637. The topological polar surface area (TPSA) is 60.8 Å². The number of likely N-dealkylation sites (tertiary alicyclic amines) is 1. The predicted octanol–water partition coefficient (Wildman–Crippen LogP) is -0.259. The number of amides is 1. The first kappa shape index (κ1) is 10.5. The van der Waals surface area contributed by atoms with Gasteiger partial charge in [0.1, 0.15) is 0 Å². The Morgan fingerprint density at radius 1 is 1.69 bits per heavy atom. The average Bonchev–Trinajstić information content (AvgIpc) is 2.41. The van der Waals surface area contributed by atoms with Crippen molar-refractivity contribution >= 4 is 5.91 Å². The second-order valence-electron chi connectivity index (χ2n) is 3.62. The highest BCUT2D eigenvalue weighted by Crippen LogP contribution is 2.16. The number of carbonyl (C=O) groups is 1. The van der Waals surface area contributed by atoms with E-state index in [4.69, 9.17) is 5.11 Å². The Labute approximate surface area is 78.2 Å². The Kier molecular flexibility index (Phi) is 3.69. The fourth-order valence-electron chi connectivity index (χ4n) is 1.68. The van der Waals surface area contributed by atoms with Gasteiger partial charge in [0.2, 0.25) is 5.91 Å². The monoisotopic (exact) mass is 187 g/mol. The van der Waals surface area contributed by atoms with E-state index in [0.717, 1.165) is 6.42 Å². The molecule has 1 fully saturated rings. The standard InChI is InChI=1S/C9H17NO3/c1-7(3-2-4-11)10-6-8(12)5-9(10)13/h7-8,11-12H,2-6H2,1H3. The summed E-state index contributed by atoms with van der Waals surface area (Å²) in [7, 11) is 0. The summed E-state index contributed by atoms with van der Waals surface area (Å²) in [4.78, 5) is 13.0. The maximum absolute atomic E-state index is 11.3. The number of aliphatic hydroxyl groups excluding tert-OH is 2. The third-order valence-corrected chi connectivity index (χ3v) is 2.45. The van der Waals surface area contributed by atoms with E-state index in [1.807, 2.05) is 6.92 Å². The first-order valence-electron chi connectivity index (χ1n) is 4.73. The van der Waals surface area contributed by atoms with Crippen molar-refractivity contribution in [3.05, 3.63) is 0 Å². The van der Waals surface area contributed by atoms with Gasteiger partial charge in [-0.3, -0.25) is 4.79 Å². The van der Waals surface area contributed by atoms with Crippen molar-refractivity contribution in [2.45, 2.75) is 38.3 Å². The molecule has 0 aromatic carbocycles. The highest BCUT2D eigenvalue weighted by Gasteiger charge is 2.30. The van der Waals surface area contributed by atoms with Crippen LogP contribution in [0.15, 0.2) is 0 Å². The molecule has 0 saturated carbocycles. The zero-order valence-electron chi connectivity index (χ0n) is 7.94. The molecule has 1 rings (SSSR count). The molecule has 13 heavy (non-hydrogen) atoms. The van der Waals surface area contributed by atoms with Gasteiger partial charge in [-0.15, -0.1) is 0 Å². The van der Waals surface area contributed by atoms with Crippen molar-refractivity contribution in [1.82, 2.24) is 4.90 Å². The average molecular weight is 187 g/mol. The molecule has 0 spiro atoms. The highest BCUT2D eigenvalue weighted by molar-refractivity contribution is 5.79. The summed E-state index contributed by atoms with van der Waals surface area (Å²) >= 11 is 0. The van der Waals surface area contributed by atoms with Gasteiger partial charge < -0.3 is 15.1 Å². The van der Waals surface area contributed by atoms with Crippen molar-refractivity contribution in [3.63, 3.8) is 0 Å². The zero-order chi connectivity index (χ0) is 9.84. The smallest absolute Gasteiger partial charge is 0.225 e. The van der Waals surface area contributed by atoms with Crippen LogP contribution in [0.1, 0.15) is 26.2 Å². The Morgan fingerprint density at radius 3 is 2.85 bits per heavy atom. The van der Waals surface area contributed by atoms with Crippen LogP contribution < -0.4 is 0 Å².